The van der Waals surface area contributed by atoms with Gasteiger partial charge in [-0.15, -0.1) is 11.3 Å². The molecule has 2 heterocycles. The number of hydrogen-bond donors (Lipinski definition) is 0. The molecule has 1 aromatic heterocycles. The largest absolute Gasteiger partial charge is 0.363 e. The van der Waals surface area contributed by atoms with E-state index in [1.807, 2.05) is 11.3 Å². The van der Waals surface area contributed by atoms with Crippen molar-refractivity contribution < 1.29 is 0 Å². The van der Waals surface area contributed by atoms with Crippen LogP contribution in [0.5, 0.6) is 0 Å². The third kappa shape index (κ3) is 1.54. The second-order valence-corrected chi connectivity index (χ2v) is 5.24. The Labute approximate surface area is 100 Å². The zero-order valence-corrected chi connectivity index (χ0v) is 10.2. The van der Waals surface area contributed by atoms with Crippen LogP contribution in [-0.4, -0.2) is 6.54 Å². The summed E-state index contributed by atoms with van der Waals surface area (Å²) in [6, 6.07) is 13.6. The van der Waals surface area contributed by atoms with Gasteiger partial charge in [-0.2, -0.15) is 0 Å². The van der Waals surface area contributed by atoms with Crippen LogP contribution in [0.15, 0.2) is 41.8 Å². The molecule has 1 aliphatic rings. The van der Waals surface area contributed by atoms with Crippen molar-refractivity contribution in [1.82, 2.24) is 0 Å². The second-order valence-electron chi connectivity index (χ2n) is 4.26. The van der Waals surface area contributed by atoms with E-state index in [-0.39, 0.29) is 0 Å². The van der Waals surface area contributed by atoms with E-state index >= 15 is 0 Å². The lowest BCUT2D eigenvalue weighted by molar-refractivity contribution is 0.708. The first kappa shape index (κ1) is 9.91. The highest BCUT2D eigenvalue weighted by atomic mass is 32.1. The van der Waals surface area contributed by atoms with Crippen molar-refractivity contribution in [3.8, 4) is 0 Å². The van der Waals surface area contributed by atoms with Crippen LogP contribution in [-0.2, 0) is 6.42 Å². The van der Waals surface area contributed by atoms with Crippen LogP contribution >= 0.6 is 11.3 Å². The van der Waals surface area contributed by atoms with Gasteiger partial charge < -0.3 is 4.90 Å². The summed E-state index contributed by atoms with van der Waals surface area (Å²) in [4.78, 5) is 3.97. The van der Waals surface area contributed by atoms with Gasteiger partial charge in [0.15, 0.2) is 0 Å². The fraction of sp³-hybridized carbons (Fsp3) is 0.286. The summed E-state index contributed by atoms with van der Waals surface area (Å²) in [5.74, 6) is 0. The van der Waals surface area contributed by atoms with Crippen molar-refractivity contribution in [2.45, 2.75) is 19.4 Å². The minimum Gasteiger partial charge on any atom is -0.363 e. The Balaban J connectivity index is 1.93. The molecule has 0 aliphatic carbocycles. The molecule has 0 amide bonds. The predicted molar refractivity (Wildman–Crippen MR) is 70.2 cm³/mol. The molecule has 0 bridgehead atoms. The maximum Gasteiger partial charge on any atom is 0.0607 e. The van der Waals surface area contributed by atoms with Crippen molar-refractivity contribution in [2.75, 3.05) is 11.4 Å². The van der Waals surface area contributed by atoms with Crippen molar-refractivity contribution >= 4 is 17.0 Å². The number of benzene rings is 1. The van der Waals surface area contributed by atoms with Crippen molar-refractivity contribution in [3.63, 3.8) is 0 Å². The highest BCUT2D eigenvalue weighted by molar-refractivity contribution is 7.10. The Hall–Kier alpha value is -1.28. The molecule has 0 N–H and O–H groups in total. The van der Waals surface area contributed by atoms with E-state index < -0.39 is 0 Å². The molecule has 3 rings (SSSR count). The van der Waals surface area contributed by atoms with Crippen molar-refractivity contribution in [3.05, 3.63) is 52.2 Å². The summed E-state index contributed by atoms with van der Waals surface area (Å²) in [7, 11) is 0. The maximum atomic E-state index is 2.52. The average molecular weight is 229 g/mol. The number of hydrogen-bond acceptors (Lipinski definition) is 2. The zero-order valence-electron chi connectivity index (χ0n) is 9.39. The Kier molecular flexibility index (Phi) is 2.44. The fourth-order valence-electron chi connectivity index (χ4n) is 2.45. The van der Waals surface area contributed by atoms with Crippen LogP contribution in [0.2, 0.25) is 0 Å². The van der Waals surface area contributed by atoms with Gasteiger partial charge in [0.05, 0.1) is 6.04 Å². The van der Waals surface area contributed by atoms with Gasteiger partial charge in [-0.3, -0.25) is 0 Å². The molecule has 0 saturated heterocycles. The lowest BCUT2D eigenvalue weighted by Crippen LogP contribution is -2.23. The molecule has 2 aromatic rings. The molecule has 0 radical (unpaired) electrons. The number of rotatable bonds is 2. The molecule has 16 heavy (non-hydrogen) atoms. The van der Waals surface area contributed by atoms with Crippen molar-refractivity contribution in [2.24, 2.45) is 0 Å². The molecule has 82 valence electrons. The third-order valence-electron chi connectivity index (χ3n) is 3.35. The average Bonchev–Trinajstić information content (AvgIpc) is 2.98. The zero-order chi connectivity index (χ0) is 11.0. The molecular formula is C14H15NS. The highest BCUT2D eigenvalue weighted by Gasteiger charge is 2.24. The first-order chi connectivity index (χ1) is 7.86. The quantitative estimate of drug-likeness (QED) is 0.755. The summed E-state index contributed by atoms with van der Waals surface area (Å²) in [5, 5.41) is 2.16. The number of fused-ring (bicyclic) bond motifs is 1. The standard InChI is InChI=1S/C14H15NS/c1-11(14-7-4-10-16-14)15-9-8-12-5-2-3-6-13(12)15/h2-7,10-11H,8-9H2,1H3. The molecule has 1 aromatic carbocycles. The third-order valence-corrected chi connectivity index (χ3v) is 4.39. The van der Waals surface area contributed by atoms with Crippen molar-refractivity contribution in [1.29, 1.82) is 0 Å². The Morgan fingerprint density at radius 2 is 2.06 bits per heavy atom. The van der Waals surface area contributed by atoms with E-state index in [4.69, 9.17) is 0 Å². The minimum atomic E-state index is 0.503. The fourth-order valence-corrected chi connectivity index (χ4v) is 3.24. The topological polar surface area (TPSA) is 3.24 Å². The van der Waals surface area contributed by atoms with E-state index in [0.29, 0.717) is 6.04 Å². The van der Waals surface area contributed by atoms with E-state index in [9.17, 15) is 0 Å². The van der Waals surface area contributed by atoms with Gasteiger partial charge in [-0.05, 0) is 36.4 Å². The molecule has 1 aliphatic heterocycles. The highest BCUT2D eigenvalue weighted by Crippen LogP contribution is 2.35. The maximum absolute atomic E-state index is 2.52. The smallest absolute Gasteiger partial charge is 0.0607 e. The first-order valence-electron chi connectivity index (χ1n) is 5.74. The van der Waals surface area contributed by atoms with Gasteiger partial charge in [0.25, 0.3) is 0 Å². The number of thiophene rings is 1. The number of para-hydroxylation sites is 1. The van der Waals surface area contributed by atoms with Crippen LogP contribution in [0.3, 0.4) is 0 Å². The molecular weight excluding hydrogens is 214 g/mol. The molecule has 0 fully saturated rings. The van der Waals surface area contributed by atoms with Gasteiger partial charge in [-0.25, -0.2) is 0 Å². The van der Waals surface area contributed by atoms with Crippen LogP contribution in [0.4, 0.5) is 5.69 Å². The second kappa shape index (κ2) is 3.95. The van der Waals surface area contributed by atoms with Gasteiger partial charge >= 0.3 is 0 Å². The first-order valence-corrected chi connectivity index (χ1v) is 6.62. The van der Waals surface area contributed by atoms with Crippen LogP contribution < -0.4 is 4.90 Å². The summed E-state index contributed by atoms with van der Waals surface area (Å²) in [6.07, 6.45) is 1.19. The lowest BCUT2D eigenvalue weighted by Gasteiger charge is -2.26. The Morgan fingerprint density at radius 3 is 2.88 bits per heavy atom. The monoisotopic (exact) mass is 229 g/mol. The molecule has 0 spiro atoms. The predicted octanol–water partition coefficient (Wildman–Crippen LogP) is 3.87. The number of nitrogens with zero attached hydrogens (tertiary/aromatic N) is 1. The van der Waals surface area contributed by atoms with E-state index in [0.717, 1.165) is 6.54 Å². The Bertz CT molecular complexity index is 475. The molecule has 1 nitrogen and oxygen atoms in total. The van der Waals surface area contributed by atoms with Gasteiger partial charge in [0.2, 0.25) is 0 Å². The van der Waals surface area contributed by atoms with Crippen LogP contribution in [0.1, 0.15) is 23.4 Å². The molecule has 0 saturated carbocycles. The van der Waals surface area contributed by atoms with E-state index in [2.05, 4.69) is 53.6 Å². The lowest BCUT2D eigenvalue weighted by atomic mass is 10.1. The summed E-state index contributed by atoms with van der Waals surface area (Å²) in [6.45, 7) is 3.45. The van der Waals surface area contributed by atoms with Crippen LogP contribution in [0.25, 0.3) is 0 Å². The summed E-state index contributed by atoms with van der Waals surface area (Å²) in [5.41, 5.74) is 2.91. The van der Waals surface area contributed by atoms with Gasteiger partial charge in [0.1, 0.15) is 0 Å². The summed E-state index contributed by atoms with van der Waals surface area (Å²) < 4.78 is 0. The minimum absolute atomic E-state index is 0.503. The van der Waals surface area contributed by atoms with E-state index in [1.165, 1.54) is 22.5 Å². The van der Waals surface area contributed by atoms with Gasteiger partial charge in [-0.1, -0.05) is 24.3 Å². The SMILES string of the molecule is CC(c1cccs1)N1CCc2ccccc21. The summed E-state index contributed by atoms with van der Waals surface area (Å²) >= 11 is 1.85. The number of anilines is 1. The molecule has 1 atom stereocenters. The van der Waals surface area contributed by atoms with Crippen LogP contribution in [0, 0.1) is 0 Å². The molecule has 2 heteroatoms. The normalized spacial score (nSPS) is 16.2. The Morgan fingerprint density at radius 1 is 1.19 bits per heavy atom. The van der Waals surface area contributed by atoms with E-state index in [1.54, 1.807) is 0 Å². The van der Waals surface area contributed by atoms with Gasteiger partial charge in [0, 0.05) is 17.1 Å². The molecule has 1 unspecified atom stereocenters.